The van der Waals surface area contributed by atoms with Crippen molar-refractivity contribution in [3.8, 4) is 22.3 Å². The molecule has 4 rings (SSSR count). The maximum atomic E-state index is 12.1. The van der Waals surface area contributed by atoms with Gasteiger partial charge in [0.25, 0.3) is 0 Å². The van der Waals surface area contributed by atoms with Crippen LogP contribution in [-0.2, 0) is 28.8 Å². The average Bonchev–Trinajstić information content (AvgIpc) is 3.05. The summed E-state index contributed by atoms with van der Waals surface area (Å²) in [5.41, 5.74) is 10.4. The molecule has 3 aromatic carbocycles. The van der Waals surface area contributed by atoms with E-state index in [-0.39, 0.29) is 12.6 Å². The van der Waals surface area contributed by atoms with E-state index in [0.29, 0.717) is 37.4 Å². The normalized spacial score (nSPS) is 16.7. The third-order valence-corrected chi connectivity index (χ3v) is 9.48. The van der Waals surface area contributed by atoms with Crippen LogP contribution in [0.3, 0.4) is 0 Å². The van der Waals surface area contributed by atoms with Gasteiger partial charge in [-0.05, 0) is 101 Å². The molecule has 0 atom stereocenters. The summed E-state index contributed by atoms with van der Waals surface area (Å²) in [7, 11) is 0. The molecular weight excluding hydrogens is 528 g/mol. The lowest BCUT2D eigenvalue weighted by Crippen LogP contribution is -2.13. The number of hydrogen-bond donors (Lipinski definition) is 1. The Kier molecular flexibility index (Phi) is 12.7. The van der Waals surface area contributed by atoms with Crippen LogP contribution >= 0.6 is 0 Å². The van der Waals surface area contributed by atoms with Gasteiger partial charge in [0.1, 0.15) is 0 Å². The fraction of sp³-hybridized carbons (Fsp3) is 0.475. The van der Waals surface area contributed by atoms with Crippen LogP contribution in [0.1, 0.15) is 107 Å². The number of rotatable bonds is 15. The molecular formula is C40H52O3. The predicted octanol–water partition coefficient (Wildman–Crippen LogP) is 10.0. The summed E-state index contributed by atoms with van der Waals surface area (Å²) in [4.78, 5) is 12.1. The molecule has 0 bridgehead atoms. The molecule has 0 unspecified atom stereocenters. The summed E-state index contributed by atoms with van der Waals surface area (Å²) < 4.78 is 5.46. The molecule has 1 aliphatic carbocycles. The van der Waals surface area contributed by atoms with Gasteiger partial charge >= 0.3 is 5.97 Å². The lowest BCUT2D eigenvalue weighted by molar-refractivity contribution is -0.139. The van der Waals surface area contributed by atoms with E-state index >= 15 is 0 Å². The molecule has 0 aromatic heterocycles. The van der Waals surface area contributed by atoms with Crippen molar-refractivity contribution in [2.75, 3.05) is 13.2 Å². The Morgan fingerprint density at radius 1 is 0.814 bits per heavy atom. The molecule has 0 amide bonds. The number of carbonyl (C=O) groups is 1. The minimum atomic E-state index is -0.329. The first-order valence-corrected chi connectivity index (χ1v) is 16.8. The van der Waals surface area contributed by atoms with Gasteiger partial charge in [0.15, 0.2) is 0 Å². The summed E-state index contributed by atoms with van der Waals surface area (Å²) in [5, 5.41) is 9.61. The quantitative estimate of drug-likeness (QED) is 0.111. The van der Waals surface area contributed by atoms with Crippen molar-refractivity contribution in [2.24, 2.45) is 5.92 Å². The molecule has 1 saturated carbocycles. The maximum Gasteiger partial charge on any atom is 0.333 e. The van der Waals surface area contributed by atoms with E-state index in [4.69, 9.17) is 4.74 Å². The first-order valence-electron chi connectivity index (χ1n) is 16.8. The van der Waals surface area contributed by atoms with E-state index in [1.807, 2.05) is 6.92 Å². The molecule has 3 nitrogen and oxygen atoms in total. The molecule has 0 spiro atoms. The number of benzene rings is 3. The Balaban J connectivity index is 1.46. The van der Waals surface area contributed by atoms with Crippen molar-refractivity contribution in [1.29, 1.82) is 0 Å². The molecule has 0 aliphatic heterocycles. The molecule has 1 N–H and O–H groups in total. The van der Waals surface area contributed by atoms with Gasteiger partial charge in [0.05, 0.1) is 6.61 Å². The van der Waals surface area contributed by atoms with E-state index in [1.54, 1.807) is 0 Å². The molecule has 230 valence electrons. The number of aliphatic hydroxyl groups excluding tert-OH is 1. The van der Waals surface area contributed by atoms with Gasteiger partial charge in [-0.1, -0.05) is 114 Å². The fourth-order valence-corrected chi connectivity index (χ4v) is 6.65. The van der Waals surface area contributed by atoms with E-state index in [0.717, 1.165) is 29.0 Å². The predicted molar refractivity (Wildman–Crippen MR) is 180 cm³/mol. The molecule has 0 saturated heterocycles. The molecule has 1 fully saturated rings. The number of esters is 1. The zero-order valence-electron chi connectivity index (χ0n) is 26.8. The van der Waals surface area contributed by atoms with Crippen molar-refractivity contribution >= 4 is 5.97 Å². The van der Waals surface area contributed by atoms with Crippen LogP contribution in [0, 0.1) is 5.92 Å². The number of aliphatic hydroxyl groups is 1. The number of carbonyl (C=O) groups excluding carboxylic acids is 1. The topological polar surface area (TPSA) is 46.5 Å². The molecule has 3 aromatic rings. The third kappa shape index (κ3) is 8.92. The minimum Gasteiger partial charge on any atom is -0.462 e. The van der Waals surface area contributed by atoms with E-state index in [1.165, 1.54) is 79.2 Å². The molecule has 0 heterocycles. The molecule has 1 aliphatic rings. The smallest absolute Gasteiger partial charge is 0.333 e. The van der Waals surface area contributed by atoms with E-state index < -0.39 is 0 Å². The van der Waals surface area contributed by atoms with Crippen LogP contribution in [0.15, 0.2) is 72.8 Å². The number of unbranched alkanes of at least 4 members (excludes halogenated alkanes) is 2. The van der Waals surface area contributed by atoms with Crippen LogP contribution < -0.4 is 0 Å². The molecule has 43 heavy (non-hydrogen) atoms. The summed E-state index contributed by atoms with van der Waals surface area (Å²) >= 11 is 0. The van der Waals surface area contributed by atoms with Crippen LogP contribution in [0.25, 0.3) is 22.3 Å². The van der Waals surface area contributed by atoms with E-state index in [2.05, 4.69) is 81.1 Å². The molecule has 3 heteroatoms. The second-order valence-corrected chi connectivity index (χ2v) is 12.4. The number of hydrogen-bond acceptors (Lipinski definition) is 3. The summed E-state index contributed by atoms with van der Waals surface area (Å²) in [6.07, 6.45) is 13.7. The highest BCUT2D eigenvalue weighted by Gasteiger charge is 2.22. The molecule has 0 radical (unpaired) electrons. The standard InChI is InChI=1S/C40H52O3/c1-5-8-9-10-30-11-13-32(14-12-30)33-15-17-34(18-16-33)36-21-22-39(31(7-3)27-36)38-20-19-35(23-25-41)37(28-38)24-26-43-40(42)29(4)6-2/h15-22,27-28,30,32,41H,4-14,23-26H2,1-3H3. The van der Waals surface area contributed by atoms with Crippen LogP contribution in [-0.4, -0.2) is 24.3 Å². The second-order valence-electron chi connectivity index (χ2n) is 12.4. The van der Waals surface area contributed by atoms with Gasteiger partial charge in [0, 0.05) is 18.6 Å². The Labute approximate surface area is 260 Å². The highest BCUT2D eigenvalue weighted by atomic mass is 16.5. The SMILES string of the molecule is C=C(CC)C(=O)OCCc1cc(-c2ccc(-c3ccc(C4CCC(CCCCC)CC4)cc3)cc2CC)ccc1CCO. The largest absolute Gasteiger partial charge is 0.462 e. The Bertz CT molecular complexity index is 1330. The van der Waals surface area contributed by atoms with Gasteiger partial charge in [-0.2, -0.15) is 0 Å². The lowest BCUT2D eigenvalue weighted by Gasteiger charge is -2.29. The Morgan fingerprint density at radius 3 is 2.19 bits per heavy atom. The minimum absolute atomic E-state index is 0.0901. The lowest BCUT2D eigenvalue weighted by atomic mass is 9.77. The fourth-order valence-electron chi connectivity index (χ4n) is 6.65. The third-order valence-electron chi connectivity index (χ3n) is 9.48. The zero-order valence-corrected chi connectivity index (χ0v) is 26.8. The van der Waals surface area contributed by atoms with E-state index in [9.17, 15) is 9.90 Å². The average molecular weight is 581 g/mol. The zero-order chi connectivity index (χ0) is 30.6. The Hall–Kier alpha value is -3.17. The summed E-state index contributed by atoms with van der Waals surface area (Å²) in [6, 6.07) is 22.7. The second kappa shape index (κ2) is 16.6. The van der Waals surface area contributed by atoms with Crippen molar-refractivity contribution < 1.29 is 14.6 Å². The van der Waals surface area contributed by atoms with Crippen molar-refractivity contribution in [1.82, 2.24) is 0 Å². The number of aryl methyl sites for hydroxylation is 1. The van der Waals surface area contributed by atoms with Crippen molar-refractivity contribution in [2.45, 2.75) is 104 Å². The first kappa shape index (κ1) is 32.7. The van der Waals surface area contributed by atoms with Gasteiger partial charge < -0.3 is 9.84 Å². The van der Waals surface area contributed by atoms with Gasteiger partial charge in [0.2, 0.25) is 0 Å². The highest BCUT2D eigenvalue weighted by Crippen LogP contribution is 2.38. The Morgan fingerprint density at radius 2 is 1.51 bits per heavy atom. The van der Waals surface area contributed by atoms with Crippen LogP contribution in [0.2, 0.25) is 0 Å². The van der Waals surface area contributed by atoms with Crippen molar-refractivity contribution in [3.05, 3.63) is 95.1 Å². The summed E-state index contributed by atoms with van der Waals surface area (Å²) in [5.74, 6) is 1.32. The van der Waals surface area contributed by atoms with Gasteiger partial charge in [-0.25, -0.2) is 4.79 Å². The maximum absolute atomic E-state index is 12.1. The summed E-state index contributed by atoms with van der Waals surface area (Å²) in [6.45, 7) is 10.6. The highest BCUT2D eigenvalue weighted by molar-refractivity contribution is 5.87. The first-order chi connectivity index (χ1) is 21.0. The van der Waals surface area contributed by atoms with Gasteiger partial charge in [-0.3, -0.25) is 0 Å². The van der Waals surface area contributed by atoms with Crippen LogP contribution in [0.4, 0.5) is 0 Å². The number of ether oxygens (including phenoxy) is 1. The monoisotopic (exact) mass is 580 g/mol. The van der Waals surface area contributed by atoms with Gasteiger partial charge in [-0.15, -0.1) is 0 Å². The van der Waals surface area contributed by atoms with Crippen molar-refractivity contribution in [3.63, 3.8) is 0 Å². The van der Waals surface area contributed by atoms with Crippen LogP contribution in [0.5, 0.6) is 0 Å².